The predicted molar refractivity (Wildman–Crippen MR) is 92.3 cm³/mol. The number of amides is 1. The van der Waals surface area contributed by atoms with Gasteiger partial charge < -0.3 is 5.32 Å². The Bertz CT molecular complexity index is 735. The molecular weight excluding hydrogens is 290 g/mol. The van der Waals surface area contributed by atoms with Gasteiger partial charge in [-0.3, -0.25) is 4.79 Å². The van der Waals surface area contributed by atoms with E-state index in [1.807, 2.05) is 53.9 Å². The molecule has 0 aliphatic carbocycles. The van der Waals surface area contributed by atoms with Crippen molar-refractivity contribution in [3.05, 3.63) is 88.1 Å². The van der Waals surface area contributed by atoms with Gasteiger partial charge in [0.15, 0.2) is 0 Å². The van der Waals surface area contributed by atoms with Crippen molar-refractivity contribution in [2.75, 3.05) is 5.32 Å². The second-order valence-electron chi connectivity index (χ2n) is 5.12. The third kappa shape index (κ3) is 3.83. The quantitative estimate of drug-likeness (QED) is 0.737. The van der Waals surface area contributed by atoms with Crippen LogP contribution in [0.5, 0.6) is 0 Å². The molecule has 3 heteroatoms. The summed E-state index contributed by atoms with van der Waals surface area (Å²) in [5, 5.41) is 5.03. The Labute approximate surface area is 134 Å². The maximum Gasteiger partial charge on any atom is 0.229 e. The van der Waals surface area contributed by atoms with Crippen molar-refractivity contribution in [2.24, 2.45) is 0 Å². The van der Waals surface area contributed by atoms with Gasteiger partial charge in [0.1, 0.15) is 0 Å². The van der Waals surface area contributed by atoms with Gasteiger partial charge in [0, 0.05) is 10.6 Å². The van der Waals surface area contributed by atoms with E-state index in [1.165, 1.54) is 5.56 Å². The third-order valence-electron chi connectivity index (χ3n) is 3.44. The van der Waals surface area contributed by atoms with Crippen molar-refractivity contribution in [1.82, 2.24) is 0 Å². The second kappa shape index (κ2) is 7.05. The van der Waals surface area contributed by atoms with E-state index < -0.39 is 0 Å². The minimum Gasteiger partial charge on any atom is -0.326 e. The summed E-state index contributed by atoms with van der Waals surface area (Å²) >= 11 is 1.61. The van der Waals surface area contributed by atoms with E-state index in [0.29, 0.717) is 6.42 Å². The minimum absolute atomic E-state index is 0.0305. The molecule has 0 radical (unpaired) electrons. The molecule has 1 N–H and O–H groups in total. The van der Waals surface area contributed by atoms with E-state index in [0.717, 1.165) is 22.5 Å². The van der Waals surface area contributed by atoms with Crippen LogP contribution in [0, 0.1) is 0 Å². The summed E-state index contributed by atoms with van der Waals surface area (Å²) in [5.74, 6) is 0.0305. The Morgan fingerprint density at radius 3 is 2.45 bits per heavy atom. The lowest BCUT2D eigenvalue weighted by Crippen LogP contribution is -2.15. The molecule has 3 rings (SSSR count). The third-order valence-corrected chi connectivity index (χ3v) is 4.32. The number of carbonyl (C=O) groups excluding carboxylic acids is 1. The Balaban J connectivity index is 1.72. The Hall–Kier alpha value is -2.39. The van der Waals surface area contributed by atoms with Crippen LogP contribution in [-0.2, 0) is 17.6 Å². The van der Waals surface area contributed by atoms with Gasteiger partial charge in [-0.25, -0.2) is 0 Å². The largest absolute Gasteiger partial charge is 0.326 e. The lowest BCUT2D eigenvalue weighted by molar-refractivity contribution is -0.115. The molecule has 0 saturated carbocycles. The highest BCUT2D eigenvalue weighted by Crippen LogP contribution is 2.20. The molecule has 0 aliphatic rings. The number of anilines is 1. The molecular formula is C19H17NOS. The SMILES string of the molecule is O=C(Cc1cccs1)Nc1ccccc1Cc1ccccc1. The van der Waals surface area contributed by atoms with Crippen LogP contribution in [0.3, 0.4) is 0 Å². The second-order valence-corrected chi connectivity index (χ2v) is 6.16. The highest BCUT2D eigenvalue weighted by atomic mass is 32.1. The van der Waals surface area contributed by atoms with Crippen LogP contribution in [0.2, 0.25) is 0 Å². The highest BCUT2D eigenvalue weighted by molar-refractivity contribution is 7.10. The molecule has 1 aromatic heterocycles. The molecule has 0 fully saturated rings. The monoisotopic (exact) mass is 307 g/mol. The van der Waals surface area contributed by atoms with Crippen LogP contribution in [0.1, 0.15) is 16.0 Å². The first-order chi connectivity index (χ1) is 10.8. The van der Waals surface area contributed by atoms with Crippen LogP contribution < -0.4 is 5.32 Å². The summed E-state index contributed by atoms with van der Waals surface area (Å²) in [6, 6.07) is 22.2. The average molecular weight is 307 g/mol. The van der Waals surface area contributed by atoms with Crippen molar-refractivity contribution >= 4 is 22.9 Å². The summed E-state index contributed by atoms with van der Waals surface area (Å²) < 4.78 is 0. The van der Waals surface area contributed by atoms with Crippen molar-refractivity contribution in [3.63, 3.8) is 0 Å². The lowest BCUT2D eigenvalue weighted by Gasteiger charge is -2.11. The van der Waals surface area contributed by atoms with Crippen molar-refractivity contribution in [2.45, 2.75) is 12.8 Å². The molecule has 110 valence electrons. The zero-order valence-electron chi connectivity index (χ0n) is 12.2. The Kier molecular flexibility index (Phi) is 4.66. The van der Waals surface area contributed by atoms with Gasteiger partial charge in [0.25, 0.3) is 0 Å². The van der Waals surface area contributed by atoms with Gasteiger partial charge in [-0.05, 0) is 35.1 Å². The van der Waals surface area contributed by atoms with Crippen molar-refractivity contribution in [3.8, 4) is 0 Å². The number of thiophene rings is 1. The Morgan fingerprint density at radius 1 is 0.909 bits per heavy atom. The maximum absolute atomic E-state index is 12.2. The van der Waals surface area contributed by atoms with Crippen molar-refractivity contribution in [1.29, 1.82) is 0 Å². The lowest BCUT2D eigenvalue weighted by atomic mass is 10.0. The molecule has 0 saturated heterocycles. The number of hydrogen-bond donors (Lipinski definition) is 1. The standard InChI is InChI=1S/C19H17NOS/c21-19(14-17-10-6-12-22-17)20-18-11-5-4-9-16(18)13-15-7-2-1-3-8-15/h1-12H,13-14H2,(H,20,21). The molecule has 2 aromatic carbocycles. The summed E-state index contributed by atoms with van der Waals surface area (Å²) in [6.45, 7) is 0. The van der Waals surface area contributed by atoms with Gasteiger partial charge in [0.05, 0.1) is 6.42 Å². The number of rotatable bonds is 5. The zero-order chi connectivity index (χ0) is 15.2. The van der Waals surface area contributed by atoms with E-state index in [2.05, 4.69) is 23.5 Å². The molecule has 0 unspecified atom stereocenters. The van der Waals surface area contributed by atoms with Gasteiger partial charge in [-0.1, -0.05) is 54.6 Å². The summed E-state index contributed by atoms with van der Waals surface area (Å²) in [4.78, 5) is 13.3. The summed E-state index contributed by atoms with van der Waals surface area (Å²) in [5.41, 5.74) is 3.27. The molecule has 2 nitrogen and oxygen atoms in total. The molecule has 0 aliphatic heterocycles. The summed E-state index contributed by atoms with van der Waals surface area (Å²) in [6.07, 6.45) is 1.24. The van der Waals surface area contributed by atoms with Gasteiger partial charge in [-0.15, -0.1) is 11.3 Å². The van der Waals surface area contributed by atoms with Gasteiger partial charge >= 0.3 is 0 Å². The molecule has 1 heterocycles. The van der Waals surface area contributed by atoms with Gasteiger partial charge in [-0.2, -0.15) is 0 Å². The maximum atomic E-state index is 12.2. The minimum atomic E-state index is 0.0305. The number of benzene rings is 2. The number of carbonyl (C=O) groups is 1. The van der Waals surface area contributed by atoms with Crippen LogP contribution in [0.15, 0.2) is 72.1 Å². The van der Waals surface area contributed by atoms with Crippen LogP contribution in [-0.4, -0.2) is 5.91 Å². The van der Waals surface area contributed by atoms with E-state index in [9.17, 15) is 4.79 Å². The first-order valence-corrected chi connectivity index (χ1v) is 8.13. The number of nitrogens with one attached hydrogen (secondary N) is 1. The predicted octanol–water partition coefficient (Wildman–Crippen LogP) is 4.52. The van der Waals surface area contributed by atoms with E-state index in [-0.39, 0.29) is 5.91 Å². The average Bonchev–Trinajstić information content (AvgIpc) is 3.03. The fraction of sp³-hybridized carbons (Fsp3) is 0.105. The first-order valence-electron chi connectivity index (χ1n) is 7.25. The Morgan fingerprint density at radius 2 is 1.68 bits per heavy atom. The molecule has 22 heavy (non-hydrogen) atoms. The molecule has 0 atom stereocenters. The summed E-state index contributed by atoms with van der Waals surface area (Å²) in [7, 11) is 0. The number of para-hydroxylation sites is 1. The van der Waals surface area contributed by atoms with Crippen LogP contribution in [0.25, 0.3) is 0 Å². The fourth-order valence-corrected chi connectivity index (χ4v) is 3.08. The molecule has 0 spiro atoms. The molecule has 3 aromatic rings. The smallest absolute Gasteiger partial charge is 0.229 e. The van der Waals surface area contributed by atoms with Crippen LogP contribution >= 0.6 is 11.3 Å². The van der Waals surface area contributed by atoms with E-state index in [1.54, 1.807) is 11.3 Å². The topological polar surface area (TPSA) is 29.1 Å². The van der Waals surface area contributed by atoms with Gasteiger partial charge in [0.2, 0.25) is 5.91 Å². The fourth-order valence-electron chi connectivity index (χ4n) is 2.38. The zero-order valence-corrected chi connectivity index (χ0v) is 13.0. The number of hydrogen-bond acceptors (Lipinski definition) is 2. The molecule has 1 amide bonds. The highest BCUT2D eigenvalue weighted by Gasteiger charge is 2.08. The van der Waals surface area contributed by atoms with Crippen molar-refractivity contribution < 1.29 is 4.79 Å². The van der Waals surface area contributed by atoms with Crippen LogP contribution in [0.4, 0.5) is 5.69 Å². The normalized spacial score (nSPS) is 10.4. The first kappa shape index (κ1) is 14.5. The van der Waals surface area contributed by atoms with E-state index in [4.69, 9.17) is 0 Å². The molecule has 0 bridgehead atoms. The van der Waals surface area contributed by atoms with E-state index >= 15 is 0 Å².